The van der Waals surface area contributed by atoms with Crippen molar-refractivity contribution in [3.63, 3.8) is 0 Å². The average Bonchev–Trinajstić information content (AvgIpc) is 2.89. The van der Waals surface area contributed by atoms with Crippen LogP contribution in [0.5, 0.6) is 0 Å². The summed E-state index contributed by atoms with van der Waals surface area (Å²) < 4.78 is 0. The molecule has 1 aliphatic carbocycles. The van der Waals surface area contributed by atoms with Gasteiger partial charge in [0.05, 0.1) is 0 Å². The van der Waals surface area contributed by atoms with Gasteiger partial charge in [0.15, 0.2) is 0 Å². The van der Waals surface area contributed by atoms with Gasteiger partial charge >= 0.3 is 135 Å². The molecule has 0 N–H and O–H groups in total. The Bertz CT molecular complexity index is 620. The molecule has 0 radical (unpaired) electrons. The van der Waals surface area contributed by atoms with Crippen LogP contribution in [0.3, 0.4) is 0 Å². The Morgan fingerprint density at radius 1 is 0.714 bits per heavy atom. The van der Waals surface area contributed by atoms with Crippen LogP contribution in [0.25, 0.3) is 0 Å². The molecule has 2 atom stereocenters. The van der Waals surface area contributed by atoms with Gasteiger partial charge in [-0.15, -0.1) is 0 Å². The molecule has 2 aromatic carbocycles. The molecule has 1 saturated heterocycles. The summed E-state index contributed by atoms with van der Waals surface area (Å²) in [7, 11) is 0. The molecule has 2 unspecified atom stereocenters. The molecule has 2 bridgehead atoms. The van der Waals surface area contributed by atoms with Gasteiger partial charge in [0.2, 0.25) is 0 Å². The Morgan fingerprint density at radius 2 is 1.14 bits per heavy atom. The van der Waals surface area contributed by atoms with E-state index in [4.69, 9.17) is 0 Å². The molecule has 0 saturated carbocycles. The summed E-state index contributed by atoms with van der Waals surface area (Å²) in [5, 5.41) is 0.796. The van der Waals surface area contributed by atoms with Crippen molar-refractivity contribution in [3.05, 3.63) is 72.8 Å². The van der Waals surface area contributed by atoms with Crippen molar-refractivity contribution in [2.75, 3.05) is 12.3 Å². The van der Waals surface area contributed by atoms with Gasteiger partial charge in [-0.2, -0.15) is 0 Å². The predicted molar refractivity (Wildman–Crippen MR) is 98.5 cm³/mol. The van der Waals surface area contributed by atoms with Crippen molar-refractivity contribution in [2.24, 2.45) is 11.8 Å². The maximum absolute atomic E-state index is 4.43. The van der Waals surface area contributed by atoms with E-state index in [0.29, 0.717) is 0 Å². The topological polar surface area (TPSA) is 0 Å². The maximum atomic E-state index is 4.43. The monoisotopic (exact) mass is 358 g/mol. The Balaban J connectivity index is 1.95. The molecule has 1 heterocycles. The van der Waals surface area contributed by atoms with Crippen molar-refractivity contribution in [1.29, 1.82) is 0 Å². The average molecular weight is 359 g/mol. The number of fused-ring (bicyclic) bond motifs is 2. The standard InChI is InChI=1S/C19H20BrP/c20-21(18-7-3-1-4-8-18,19-9-5-2-6-10-19)14-16-11-12-17(13-16)15-21/h1-12,16-17H,13-15H2. The van der Waals surface area contributed by atoms with Gasteiger partial charge in [-0.3, -0.25) is 0 Å². The first-order valence-electron chi connectivity index (χ1n) is 7.70. The van der Waals surface area contributed by atoms with Crippen molar-refractivity contribution < 1.29 is 0 Å². The van der Waals surface area contributed by atoms with Crippen LogP contribution in [0.1, 0.15) is 6.42 Å². The fourth-order valence-corrected chi connectivity index (χ4v) is 13.4. The molecule has 21 heavy (non-hydrogen) atoms. The summed E-state index contributed by atoms with van der Waals surface area (Å²) in [6.07, 6.45) is 8.82. The van der Waals surface area contributed by atoms with Crippen LogP contribution in [0.15, 0.2) is 72.8 Å². The molecule has 2 heteroatoms. The Hall–Kier alpha value is -0.910. The van der Waals surface area contributed by atoms with Gasteiger partial charge in [0, 0.05) is 0 Å². The van der Waals surface area contributed by atoms with Crippen LogP contribution < -0.4 is 10.6 Å². The fourth-order valence-electron chi connectivity index (χ4n) is 4.29. The number of halogens is 1. The number of hydrogen-bond donors (Lipinski definition) is 0. The molecule has 0 aromatic heterocycles. The van der Waals surface area contributed by atoms with Crippen molar-refractivity contribution in [2.45, 2.75) is 6.42 Å². The predicted octanol–water partition coefficient (Wildman–Crippen LogP) is 4.71. The molecule has 1 fully saturated rings. The van der Waals surface area contributed by atoms with E-state index in [9.17, 15) is 0 Å². The number of allylic oxidation sites excluding steroid dienone is 2. The second-order valence-electron chi connectivity index (χ2n) is 6.55. The van der Waals surface area contributed by atoms with Crippen LogP contribution in [0, 0.1) is 11.8 Å². The molecule has 108 valence electrons. The van der Waals surface area contributed by atoms with E-state index < -0.39 is 5.31 Å². The zero-order valence-corrected chi connectivity index (χ0v) is 14.5. The summed E-state index contributed by atoms with van der Waals surface area (Å²) in [6.45, 7) is 0. The van der Waals surface area contributed by atoms with Crippen LogP contribution in [-0.4, -0.2) is 12.3 Å². The quantitative estimate of drug-likeness (QED) is 0.538. The van der Waals surface area contributed by atoms with Crippen LogP contribution in [0.2, 0.25) is 0 Å². The Kier molecular flexibility index (Phi) is 3.14. The summed E-state index contributed by atoms with van der Waals surface area (Å²) in [6, 6.07) is 22.4. The molecule has 0 spiro atoms. The normalized spacial score (nSPS) is 30.4. The summed E-state index contributed by atoms with van der Waals surface area (Å²) in [5.41, 5.74) is 0. The third-order valence-corrected chi connectivity index (χ3v) is 14.8. The molecule has 0 amide bonds. The molecule has 2 aromatic rings. The summed E-state index contributed by atoms with van der Waals surface area (Å²) in [4.78, 5) is 0. The molecule has 0 nitrogen and oxygen atoms in total. The zero-order valence-electron chi connectivity index (χ0n) is 12.0. The van der Waals surface area contributed by atoms with Crippen molar-refractivity contribution in [1.82, 2.24) is 0 Å². The Labute approximate surface area is 134 Å². The van der Waals surface area contributed by atoms with Gasteiger partial charge in [-0.05, 0) is 0 Å². The third-order valence-electron chi connectivity index (χ3n) is 5.19. The zero-order chi connectivity index (χ0) is 14.4. The first kappa shape index (κ1) is 13.7. The van der Waals surface area contributed by atoms with Gasteiger partial charge in [-0.25, -0.2) is 0 Å². The van der Waals surface area contributed by atoms with E-state index in [0.717, 1.165) is 11.8 Å². The van der Waals surface area contributed by atoms with E-state index in [-0.39, 0.29) is 0 Å². The molecule has 2 aliphatic rings. The first-order chi connectivity index (χ1) is 10.2. The van der Waals surface area contributed by atoms with Gasteiger partial charge < -0.3 is 0 Å². The minimum absolute atomic E-state index is 0.737. The molecule has 4 rings (SSSR count). The van der Waals surface area contributed by atoms with Crippen LogP contribution in [-0.2, 0) is 0 Å². The van der Waals surface area contributed by atoms with Gasteiger partial charge in [0.25, 0.3) is 0 Å². The third kappa shape index (κ3) is 2.05. The number of rotatable bonds is 2. The Morgan fingerprint density at radius 3 is 1.57 bits per heavy atom. The van der Waals surface area contributed by atoms with E-state index in [1.807, 2.05) is 0 Å². The van der Waals surface area contributed by atoms with E-state index in [2.05, 4.69) is 88.3 Å². The summed E-state index contributed by atoms with van der Waals surface area (Å²) in [5.74, 6) is 1.47. The number of benzene rings is 2. The van der Waals surface area contributed by atoms with Gasteiger partial charge in [-0.1, -0.05) is 0 Å². The first-order valence-corrected chi connectivity index (χ1v) is 12.3. The van der Waals surface area contributed by atoms with E-state index in [1.54, 1.807) is 0 Å². The molecular formula is C19H20BrP. The second-order valence-corrected chi connectivity index (χ2v) is 16.2. The molecular weight excluding hydrogens is 339 g/mol. The second kappa shape index (κ2) is 4.80. The van der Waals surface area contributed by atoms with Crippen molar-refractivity contribution >= 4 is 31.4 Å². The van der Waals surface area contributed by atoms with Crippen molar-refractivity contribution in [3.8, 4) is 0 Å². The molecule has 1 aliphatic heterocycles. The minimum atomic E-state index is -2.25. The number of hydrogen-bond acceptors (Lipinski definition) is 0. The van der Waals surface area contributed by atoms with E-state index >= 15 is 0 Å². The van der Waals surface area contributed by atoms with Crippen LogP contribution >= 0.6 is 20.8 Å². The SMILES string of the molecule is BrP1(c2ccccc2)(c2ccccc2)CC2C=CC(C2)C1. The van der Waals surface area contributed by atoms with Crippen LogP contribution in [0.4, 0.5) is 0 Å². The summed E-state index contributed by atoms with van der Waals surface area (Å²) >= 11 is 4.43. The fraction of sp³-hybridized carbons (Fsp3) is 0.263. The van der Waals surface area contributed by atoms with E-state index in [1.165, 1.54) is 29.4 Å². The van der Waals surface area contributed by atoms with Gasteiger partial charge in [0.1, 0.15) is 0 Å².